The van der Waals surface area contributed by atoms with Gasteiger partial charge >= 0.3 is 6.18 Å². The Morgan fingerprint density at radius 2 is 1.42 bits per heavy atom. The van der Waals surface area contributed by atoms with Crippen molar-refractivity contribution in [2.45, 2.75) is 24.7 Å². The van der Waals surface area contributed by atoms with Crippen molar-refractivity contribution in [2.24, 2.45) is 0 Å². The predicted molar refractivity (Wildman–Crippen MR) is 26.5 cm³/mol. The van der Waals surface area contributed by atoms with E-state index in [4.69, 9.17) is 0 Å². The van der Waals surface area contributed by atoms with Gasteiger partial charge in [0.15, 0.2) is 6.17 Å². The molecule has 0 amide bonds. The Labute approximate surface area is 63.4 Å². The highest BCUT2D eigenvalue weighted by atomic mass is 19.4. The van der Waals surface area contributed by atoms with Crippen LogP contribution in [0.25, 0.3) is 0 Å². The lowest BCUT2D eigenvalue weighted by Gasteiger charge is -2.19. The van der Waals surface area contributed by atoms with E-state index >= 15 is 0 Å². The van der Waals surface area contributed by atoms with Crippen molar-refractivity contribution in [3.05, 3.63) is 0 Å². The highest BCUT2D eigenvalue weighted by Crippen LogP contribution is 2.35. The summed E-state index contributed by atoms with van der Waals surface area (Å²) < 4.78 is 80.8. The van der Waals surface area contributed by atoms with Crippen LogP contribution in [-0.2, 0) is 0 Å². The average Bonchev–Trinajstić information content (AvgIpc) is 1.80. The molecule has 7 heteroatoms. The largest absolute Gasteiger partial charge is 0.394 e. The lowest BCUT2D eigenvalue weighted by Crippen LogP contribution is -2.36. The van der Waals surface area contributed by atoms with E-state index in [9.17, 15) is 30.7 Å². The van der Waals surface area contributed by atoms with Crippen LogP contribution in [0, 0.1) is 0 Å². The summed E-state index contributed by atoms with van der Waals surface area (Å²) in [6.07, 6.45) is -11.2. The fraction of sp³-hybridized carbons (Fsp3) is 1.00. The third-order valence-corrected chi connectivity index (χ3v) is 1.03. The molecule has 0 nitrogen and oxygen atoms in total. The summed E-state index contributed by atoms with van der Waals surface area (Å²) in [6.45, 7) is -2.12. The Bertz CT molecular complexity index is 137. The lowest BCUT2D eigenvalue weighted by atomic mass is 10.1. The second-order valence-electron chi connectivity index (χ2n) is 2.17. The van der Waals surface area contributed by atoms with Crippen LogP contribution in [0.1, 0.15) is 6.42 Å². The fourth-order valence-electron chi connectivity index (χ4n) is 0.491. The number of alkyl halides is 7. The molecule has 0 aliphatic rings. The van der Waals surface area contributed by atoms with Crippen LogP contribution < -0.4 is 0 Å². The molecular formula is C5H5F7. The fourth-order valence-corrected chi connectivity index (χ4v) is 0.491. The molecule has 0 saturated carbocycles. The molecule has 1 unspecified atom stereocenters. The second kappa shape index (κ2) is 3.49. The van der Waals surface area contributed by atoms with Crippen LogP contribution in [0.4, 0.5) is 30.7 Å². The Hall–Kier alpha value is -0.490. The van der Waals surface area contributed by atoms with Crippen molar-refractivity contribution in [1.82, 2.24) is 0 Å². The van der Waals surface area contributed by atoms with Gasteiger partial charge in [0.2, 0.25) is 0 Å². The minimum absolute atomic E-state index is 2.12. The van der Waals surface area contributed by atoms with Crippen molar-refractivity contribution >= 4 is 0 Å². The molecular weight excluding hydrogens is 193 g/mol. The van der Waals surface area contributed by atoms with E-state index in [2.05, 4.69) is 0 Å². The van der Waals surface area contributed by atoms with E-state index in [0.29, 0.717) is 0 Å². The van der Waals surface area contributed by atoms with Crippen LogP contribution in [0.15, 0.2) is 0 Å². The minimum Gasteiger partial charge on any atom is -0.248 e. The van der Waals surface area contributed by atoms with Crippen molar-refractivity contribution < 1.29 is 30.7 Å². The molecule has 0 heterocycles. The highest BCUT2D eigenvalue weighted by molar-refractivity contribution is 4.79. The smallest absolute Gasteiger partial charge is 0.248 e. The topological polar surface area (TPSA) is 0 Å². The second-order valence-corrected chi connectivity index (χ2v) is 2.17. The number of hydrogen-bond donors (Lipinski definition) is 0. The van der Waals surface area contributed by atoms with Crippen LogP contribution >= 0.6 is 0 Å². The molecule has 0 fully saturated rings. The molecule has 0 bridgehead atoms. The van der Waals surface area contributed by atoms with E-state index in [1.807, 2.05) is 0 Å². The molecule has 12 heavy (non-hydrogen) atoms. The van der Waals surface area contributed by atoms with Gasteiger partial charge in [-0.25, -0.2) is 17.6 Å². The van der Waals surface area contributed by atoms with Crippen LogP contribution in [0.2, 0.25) is 0 Å². The normalized spacial score (nSPS) is 16.2. The lowest BCUT2D eigenvalue weighted by molar-refractivity contribution is -0.205. The van der Waals surface area contributed by atoms with E-state index in [1.165, 1.54) is 0 Å². The van der Waals surface area contributed by atoms with Gasteiger partial charge in [0, 0.05) is 0 Å². The zero-order valence-corrected chi connectivity index (χ0v) is 5.64. The number of halogens is 7. The maximum absolute atomic E-state index is 12.0. The van der Waals surface area contributed by atoms with E-state index in [0.717, 1.165) is 0 Å². The van der Waals surface area contributed by atoms with Crippen molar-refractivity contribution in [2.75, 3.05) is 6.67 Å². The monoisotopic (exact) mass is 198 g/mol. The molecule has 0 aromatic heterocycles. The zero-order chi connectivity index (χ0) is 9.99. The van der Waals surface area contributed by atoms with Gasteiger partial charge in [-0.3, -0.25) is 0 Å². The Kier molecular flexibility index (Phi) is 3.34. The van der Waals surface area contributed by atoms with Gasteiger partial charge in [0.25, 0.3) is 5.92 Å². The third-order valence-electron chi connectivity index (χ3n) is 1.03. The molecule has 0 aromatic carbocycles. The molecule has 0 aromatic rings. The summed E-state index contributed by atoms with van der Waals surface area (Å²) in [6, 6.07) is 0. The first kappa shape index (κ1) is 11.5. The molecule has 0 N–H and O–H groups in total. The first-order valence-corrected chi connectivity index (χ1v) is 2.83. The van der Waals surface area contributed by atoms with Crippen molar-refractivity contribution in [3.63, 3.8) is 0 Å². The van der Waals surface area contributed by atoms with Gasteiger partial charge in [0.1, 0.15) is 13.1 Å². The van der Waals surface area contributed by atoms with Crippen LogP contribution in [0.3, 0.4) is 0 Å². The quantitative estimate of drug-likeness (QED) is 0.611. The van der Waals surface area contributed by atoms with Gasteiger partial charge in [-0.15, -0.1) is 0 Å². The van der Waals surface area contributed by atoms with E-state index in [-0.39, 0.29) is 0 Å². The summed E-state index contributed by atoms with van der Waals surface area (Å²) in [7, 11) is 0. The molecule has 0 saturated heterocycles. The first-order chi connectivity index (χ1) is 5.19. The van der Waals surface area contributed by atoms with Crippen molar-refractivity contribution in [1.29, 1.82) is 0 Å². The van der Waals surface area contributed by atoms with E-state index < -0.39 is 31.4 Å². The van der Waals surface area contributed by atoms with Gasteiger partial charge in [-0.1, -0.05) is 0 Å². The summed E-state index contributed by atoms with van der Waals surface area (Å²) >= 11 is 0. The molecule has 0 rings (SSSR count). The molecule has 0 aliphatic heterocycles. The predicted octanol–water partition coefficient (Wildman–Crippen LogP) is 2.88. The Morgan fingerprint density at radius 3 is 1.67 bits per heavy atom. The first-order valence-electron chi connectivity index (χ1n) is 2.83. The van der Waals surface area contributed by atoms with E-state index in [1.54, 1.807) is 0 Å². The maximum Gasteiger partial charge on any atom is 0.394 e. The molecule has 74 valence electrons. The summed E-state index contributed by atoms with van der Waals surface area (Å²) in [5, 5.41) is 0. The Balaban J connectivity index is 4.22. The van der Waals surface area contributed by atoms with Gasteiger partial charge < -0.3 is 0 Å². The molecule has 0 radical (unpaired) electrons. The highest BCUT2D eigenvalue weighted by Gasteiger charge is 2.49. The SMILES string of the molecule is FCC(F)C(F)(F)CC(F)(F)F. The minimum atomic E-state index is -5.19. The summed E-state index contributed by atoms with van der Waals surface area (Å²) in [4.78, 5) is 0. The zero-order valence-electron chi connectivity index (χ0n) is 5.64. The van der Waals surface area contributed by atoms with Crippen LogP contribution in [0.5, 0.6) is 0 Å². The molecule has 1 atom stereocenters. The van der Waals surface area contributed by atoms with Crippen LogP contribution in [-0.4, -0.2) is 24.9 Å². The van der Waals surface area contributed by atoms with Gasteiger partial charge in [-0.2, -0.15) is 13.2 Å². The summed E-state index contributed by atoms with van der Waals surface area (Å²) in [5.74, 6) is -4.67. The number of rotatable bonds is 3. The number of hydrogen-bond acceptors (Lipinski definition) is 0. The van der Waals surface area contributed by atoms with Crippen molar-refractivity contribution in [3.8, 4) is 0 Å². The standard InChI is InChI=1S/C5H5F7/c6-1-3(7)4(8,9)2-5(10,11)12/h3H,1-2H2. The third kappa shape index (κ3) is 3.77. The van der Waals surface area contributed by atoms with Gasteiger partial charge in [0.05, 0.1) is 0 Å². The maximum atomic E-state index is 12.0. The molecule has 0 aliphatic carbocycles. The summed E-state index contributed by atoms with van der Waals surface area (Å²) in [5.41, 5.74) is 0. The van der Waals surface area contributed by atoms with Gasteiger partial charge in [-0.05, 0) is 0 Å². The average molecular weight is 198 g/mol. The Morgan fingerprint density at radius 1 is 1.00 bits per heavy atom. The molecule has 0 spiro atoms.